The lowest BCUT2D eigenvalue weighted by atomic mass is 10.2. The van der Waals surface area contributed by atoms with E-state index in [9.17, 15) is 4.79 Å². The Bertz CT molecular complexity index is 493. The van der Waals surface area contributed by atoms with Gasteiger partial charge >= 0.3 is 0 Å². The number of rotatable bonds is 2. The van der Waals surface area contributed by atoms with Gasteiger partial charge in [-0.05, 0) is 23.8 Å². The summed E-state index contributed by atoms with van der Waals surface area (Å²) in [4.78, 5) is 15.8. The van der Waals surface area contributed by atoms with Crippen molar-refractivity contribution in [1.82, 2.24) is 4.98 Å². The van der Waals surface area contributed by atoms with Crippen molar-refractivity contribution in [1.29, 1.82) is 0 Å². The summed E-state index contributed by atoms with van der Waals surface area (Å²) in [6.07, 6.45) is 3.38. The number of pyridine rings is 1. The molecule has 1 amide bonds. The van der Waals surface area contributed by atoms with Crippen LogP contribution in [0.15, 0.2) is 30.6 Å². The topological polar surface area (TPSA) is 82.0 Å². The zero-order valence-corrected chi connectivity index (χ0v) is 8.62. The van der Waals surface area contributed by atoms with Gasteiger partial charge in [0.2, 0.25) is 0 Å². The number of nitrogens with two attached hydrogens (primary N) is 2. The second-order valence-corrected chi connectivity index (χ2v) is 4.07. The maximum atomic E-state index is 11.0. The minimum absolute atomic E-state index is 0.381. The van der Waals surface area contributed by atoms with Crippen LogP contribution >= 0.6 is 11.3 Å². The number of amides is 1. The molecule has 2 aromatic rings. The molecule has 0 fully saturated rings. The number of carbonyl (C=O) groups is 1. The second-order valence-electron chi connectivity index (χ2n) is 2.99. The Morgan fingerprint density at radius 3 is 2.53 bits per heavy atom. The monoisotopic (exact) mass is 219 g/mol. The van der Waals surface area contributed by atoms with Gasteiger partial charge in [-0.1, -0.05) is 0 Å². The van der Waals surface area contributed by atoms with Crippen LogP contribution in [0, 0.1) is 0 Å². The van der Waals surface area contributed by atoms with Crippen LogP contribution in [0.1, 0.15) is 10.4 Å². The predicted octanol–water partition coefficient (Wildman–Crippen LogP) is 1.49. The van der Waals surface area contributed by atoms with Crippen molar-refractivity contribution >= 4 is 22.2 Å². The third kappa shape index (κ3) is 1.82. The summed E-state index contributed by atoms with van der Waals surface area (Å²) in [7, 11) is 0. The minimum atomic E-state index is -0.496. The Morgan fingerprint density at radius 1 is 1.33 bits per heavy atom. The summed E-state index contributed by atoms with van der Waals surface area (Å²) in [5.41, 5.74) is 12.2. The number of nitrogens with zero attached hydrogens (tertiary/aromatic N) is 1. The second kappa shape index (κ2) is 3.70. The summed E-state index contributed by atoms with van der Waals surface area (Å²) < 4.78 is 0. The van der Waals surface area contributed by atoms with Crippen LogP contribution in [-0.4, -0.2) is 10.9 Å². The zero-order valence-electron chi connectivity index (χ0n) is 7.81. The minimum Gasteiger partial charge on any atom is -0.390 e. The van der Waals surface area contributed by atoms with Crippen LogP contribution < -0.4 is 11.5 Å². The van der Waals surface area contributed by atoms with E-state index in [-0.39, 0.29) is 0 Å². The van der Waals surface area contributed by atoms with Crippen molar-refractivity contribution in [3.8, 4) is 10.4 Å². The van der Waals surface area contributed by atoms with E-state index in [4.69, 9.17) is 11.5 Å². The molecule has 76 valence electrons. The summed E-state index contributed by atoms with van der Waals surface area (Å²) >= 11 is 1.34. The molecule has 0 atom stereocenters. The summed E-state index contributed by atoms with van der Waals surface area (Å²) in [5.74, 6) is -0.496. The number of hydrogen-bond acceptors (Lipinski definition) is 4. The predicted molar refractivity (Wildman–Crippen MR) is 60.5 cm³/mol. The number of primary amides is 1. The molecule has 5 heteroatoms. The van der Waals surface area contributed by atoms with Crippen LogP contribution in [0.5, 0.6) is 0 Å². The lowest BCUT2D eigenvalue weighted by Gasteiger charge is -1.93. The normalized spacial score (nSPS) is 10.1. The Morgan fingerprint density at radius 2 is 2.00 bits per heavy atom. The van der Waals surface area contributed by atoms with Gasteiger partial charge in [-0.2, -0.15) is 0 Å². The fourth-order valence-electron chi connectivity index (χ4n) is 1.26. The summed E-state index contributed by atoms with van der Waals surface area (Å²) in [6.45, 7) is 0. The van der Waals surface area contributed by atoms with Gasteiger partial charge in [-0.3, -0.25) is 9.78 Å². The molecule has 2 aromatic heterocycles. The molecule has 0 aliphatic heterocycles. The molecule has 15 heavy (non-hydrogen) atoms. The van der Waals surface area contributed by atoms with Gasteiger partial charge in [0.15, 0.2) is 0 Å². The average molecular weight is 219 g/mol. The van der Waals surface area contributed by atoms with Crippen LogP contribution in [0.3, 0.4) is 0 Å². The molecule has 0 bridgehead atoms. The van der Waals surface area contributed by atoms with Crippen molar-refractivity contribution in [3.63, 3.8) is 0 Å². The van der Waals surface area contributed by atoms with Gasteiger partial charge in [0.1, 0.15) is 0 Å². The van der Waals surface area contributed by atoms with Crippen LogP contribution in [0.2, 0.25) is 0 Å². The SMILES string of the molecule is NC(=O)c1cc(-c2ccncc2)sc1N. The molecule has 2 rings (SSSR count). The van der Waals surface area contributed by atoms with E-state index in [2.05, 4.69) is 4.98 Å². The van der Waals surface area contributed by atoms with Gasteiger partial charge in [0, 0.05) is 17.3 Å². The maximum absolute atomic E-state index is 11.0. The first kappa shape index (κ1) is 9.67. The molecule has 0 unspecified atom stereocenters. The molecule has 0 aliphatic rings. The van der Waals surface area contributed by atoms with Crippen LogP contribution in [0.4, 0.5) is 5.00 Å². The summed E-state index contributed by atoms with van der Waals surface area (Å²) in [5, 5.41) is 0.453. The fourth-order valence-corrected chi connectivity index (χ4v) is 2.19. The highest BCUT2D eigenvalue weighted by atomic mass is 32.1. The van der Waals surface area contributed by atoms with Crippen molar-refractivity contribution in [2.75, 3.05) is 5.73 Å². The zero-order chi connectivity index (χ0) is 10.8. The molecule has 4 nitrogen and oxygen atoms in total. The van der Waals surface area contributed by atoms with Crippen molar-refractivity contribution in [3.05, 3.63) is 36.2 Å². The number of hydrogen-bond donors (Lipinski definition) is 2. The molecule has 0 saturated carbocycles. The third-order valence-corrected chi connectivity index (χ3v) is 3.00. The fraction of sp³-hybridized carbons (Fsp3) is 0. The Hall–Kier alpha value is -1.88. The first-order chi connectivity index (χ1) is 7.18. The highest BCUT2D eigenvalue weighted by molar-refractivity contribution is 7.19. The van der Waals surface area contributed by atoms with Gasteiger partial charge < -0.3 is 11.5 Å². The van der Waals surface area contributed by atoms with E-state index in [0.717, 1.165) is 10.4 Å². The van der Waals surface area contributed by atoms with E-state index in [1.54, 1.807) is 18.5 Å². The lowest BCUT2D eigenvalue weighted by Crippen LogP contribution is -2.11. The molecular formula is C10H9N3OS. The molecule has 0 radical (unpaired) electrons. The van der Waals surface area contributed by atoms with Crippen LogP contribution in [0.25, 0.3) is 10.4 Å². The van der Waals surface area contributed by atoms with Crippen molar-refractivity contribution < 1.29 is 4.79 Å². The van der Waals surface area contributed by atoms with E-state index in [1.165, 1.54) is 11.3 Å². The molecule has 0 aromatic carbocycles. The van der Waals surface area contributed by atoms with Gasteiger partial charge in [-0.15, -0.1) is 11.3 Å². The van der Waals surface area contributed by atoms with E-state index in [0.29, 0.717) is 10.6 Å². The highest BCUT2D eigenvalue weighted by Crippen LogP contribution is 2.32. The largest absolute Gasteiger partial charge is 0.390 e. The average Bonchev–Trinajstić information content (AvgIpc) is 2.62. The van der Waals surface area contributed by atoms with Gasteiger partial charge in [-0.25, -0.2) is 0 Å². The molecular weight excluding hydrogens is 210 g/mol. The number of thiophene rings is 1. The van der Waals surface area contributed by atoms with Crippen molar-refractivity contribution in [2.24, 2.45) is 5.73 Å². The Balaban J connectivity index is 2.48. The Kier molecular flexibility index (Phi) is 2.39. The van der Waals surface area contributed by atoms with Gasteiger partial charge in [0.05, 0.1) is 10.6 Å². The van der Waals surface area contributed by atoms with Gasteiger partial charge in [0.25, 0.3) is 5.91 Å². The van der Waals surface area contributed by atoms with E-state index < -0.39 is 5.91 Å². The maximum Gasteiger partial charge on any atom is 0.251 e. The lowest BCUT2D eigenvalue weighted by molar-refractivity contribution is 0.100. The van der Waals surface area contributed by atoms with E-state index >= 15 is 0 Å². The number of nitrogen functional groups attached to an aromatic ring is 1. The third-order valence-electron chi connectivity index (χ3n) is 1.99. The smallest absolute Gasteiger partial charge is 0.251 e. The quantitative estimate of drug-likeness (QED) is 0.802. The van der Waals surface area contributed by atoms with E-state index in [1.807, 2.05) is 12.1 Å². The molecule has 0 aliphatic carbocycles. The highest BCUT2D eigenvalue weighted by Gasteiger charge is 2.11. The van der Waals surface area contributed by atoms with Crippen LogP contribution in [-0.2, 0) is 0 Å². The summed E-state index contributed by atoms with van der Waals surface area (Å²) in [6, 6.07) is 5.42. The standard InChI is InChI=1S/C10H9N3OS/c11-9(14)7-5-8(15-10(7)12)6-1-3-13-4-2-6/h1-5H,12H2,(H2,11,14). The van der Waals surface area contributed by atoms with Crippen molar-refractivity contribution in [2.45, 2.75) is 0 Å². The first-order valence-corrected chi connectivity index (χ1v) is 5.09. The Labute approximate surface area is 90.6 Å². The number of anilines is 1. The molecule has 4 N–H and O–H groups in total. The molecule has 0 saturated heterocycles. The first-order valence-electron chi connectivity index (χ1n) is 4.28. The molecule has 2 heterocycles. The number of aromatic nitrogens is 1. The molecule has 0 spiro atoms. The number of carbonyl (C=O) groups excluding carboxylic acids is 1.